The Hall–Kier alpha value is -2.53. The fraction of sp³-hybridized carbons (Fsp3) is 0.263. The number of fused-ring (bicyclic) bond motifs is 1. The van der Waals surface area contributed by atoms with Crippen LogP contribution in [0.25, 0.3) is 0 Å². The maximum Gasteiger partial charge on any atom is 0.224 e. The Balaban J connectivity index is 1.58. The lowest BCUT2D eigenvalue weighted by atomic mass is 10.1. The number of aryl methyl sites for hydroxylation is 1. The standard InChI is InChI=1S/C19H18ClNO4/c1-12-2-4-14(20)11-15(12)21-19(23)7-5-16(22)13-3-6-17-18(10-13)25-9-8-24-17/h2-4,6,10-11H,5,7-9H2,1H3,(H,21,23). The van der Waals surface area contributed by atoms with E-state index in [1.807, 2.05) is 13.0 Å². The topological polar surface area (TPSA) is 64.6 Å². The number of nitrogens with one attached hydrogen (secondary N) is 1. The van der Waals surface area contributed by atoms with Crippen molar-refractivity contribution in [3.8, 4) is 11.5 Å². The molecule has 0 aliphatic carbocycles. The summed E-state index contributed by atoms with van der Waals surface area (Å²) in [5.41, 5.74) is 2.08. The number of carbonyl (C=O) groups is 2. The van der Waals surface area contributed by atoms with E-state index < -0.39 is 0 Å². The Morgan fingerprint density at radius 2 is 1.80 bits per heavy atom. The van der Waals surface area contributed by atoms with Gasteiger partial charge in [-0.3, -0.25) is 9.59 Å². The minimum absolute atomic E-state index is 0.0965. The van der Waals surface area contributed by atoms with Crippen LogP contribution in [0.1, 0.15) is 28.8 Å². The van der Waals surface area contributed by atoms with Gasteiger partial charge in [0.25, 0.3) is 0 Å². The van der Waals surface area contributed by atoms with Crippen LogP contribution in [0, 0.1) is 6.92 Å². The summed E-state index contributed by atoms with van der Waals surface area (Å²) >= 11 is 5.94. The fourth-order valence-electron chi connectivity index (χ4n) is 2.53. The summed E-state index contributed by atoms with van der Waals surface area (Å²) in [6, 6.07) is 10.4. The molecule has 3 rings (SSSR count). The van der Waals surface area contributed by atoms with Gasteiger partial charge >= 0.3 is 0 Å². The van der Waals surface area contributed by atoms with E-state index in [1.165, 1.54) is 0 Å². The zero-order chi connectivity index (χ0) is 17.8. The summed E-state index contributed by atoms with van der Waals surface area (Å²) in [6.45, 7) is 2.85. The Kier molecular flexibility index (Phi) is 5.24. The van der Waals surface area contributed by atoms with E-state index >= 15 is 0 Å². The molecule has 0 spiro atoms. The number of Topliss-reactive ketones (excluding diaryl/α,β-unsaturated/α-hetero) is 1. The van der Waals surface area contributed by atoms with Crippen LogP contribution >= 0.6 is 11.6 Å². The molecule has 1 aliphatic heterocycles. The highest BCUT2D eigenvalue weighted by Crippen LogP contribution is 2.31. The number of carbonyl (C=O) groups excluding carboxylic acids is 2. The van der Waals surface area contributed by atoms with Crippen LogP contribution in [0.4, 0.5) is 5.69 Å². The van der Waals surface area contributed by atoms with Gasteiger partial charge in [0.05, 0.1) is 0 Å². The van der Waals surface area contributed by atoms with E-state index in [4.69, 9.17) is 21.1 Å². The molecule has 1 aliphatic rings. The monoisotopic (exact) mass is 359 g/mol. The second-order valence-electron chi connectivity index (χ2n) is 5.79. The second kappa shape index (κ2) is 7.57. The number of amides is 1. The first-order valence-corrected chi connectivity index (χ1v) is 8.39. The van der Waals surface area contributed by atoms with Gasteiger partial charge in [0.1, 0.15) is 13.2 Å². The summed E-state index contributed by atoms with van der Waals surface area (Å²) in [7, 11) is 0. The molecule has 0 fully saturated rings. The SMILES string of the molecule is Cc1ccc(Cl)cc1NC(=O)CCC(=O)c1ccc2c(c1)OCCO2. The number of rotatable bonds is 5. The molecule has 1 N–H and O–H groups in total. The van der Waals surface area contributed by atoms with Gasteiger partial charge in [-0.2, -0.15) is 0 Å². The highest BCUT2D eigenvalue weighted by Gasteiger charge is 2.16. The zero-order valence-electron chi connectivity index (χ0n) is 13.8. The molecule has 1 amide bonds. The van der Waals surface area contributed by atoms with Gasteiger partial charge in [-0.05, 0) is 42.8 Å². The quantitative estimate of drug-likeness (QED) is 0.819. The van der Waals surface area contributed by atoms with E-state index in [2.05, 4.69) is 5.32 Å². The second-order valence-corrected chi connectivity index (χ2v) is 6.23. The van der Waals surface area contributed by atoms with Crippen LogP contribution in [0.2, 0.25) is 5.02 Å². The third kappa shape index (κ3) is 4.31. The molecule has 1 heterocycles. The van der Waals surface area contributed by atoms with Gasteiger partial charge < -0.3 is 14.8 Å². The molecule has 0 unspecified atom stereocenters. The minimum Gasteiger partial charge on any atom is -0.486 e. The average molecular weight is 360 g/mol. The van der Waals surface area contributed by atoms with E-state index in [0.29, 0.717) is 41.0 Å². The fourth-order valence-corrected chi connectivity index (χ4v) is 2.70. The van der Waals surface area contributed by atoms with Gasteiger partial charge in [0.2, 0.25) is 5.91 Å². The van der Waals surface area contributed by atoms with Crippen molar-refractivity contribution in [3.63, 3.8) is 0 Å². The molecule has 130 valence electrons. The van der Waals surface area contributed by atoms with Crippen molar-refractivity contribution in [2.75, 3.05) is 18.5 Å². The molecule has 0 saturated heterocycles. The lowest BCUT2D eigenvalue weighted by Crippen LogP contribution is -2.16. The van der Waals surface area contributed by atoms with Crippen molar-refractivity contribution in [1.29, 1.82) is 0 Å². The predicted molar refractivity (Wildman–Crippen MR) is 95.8 cm³/mol. The zero-order valence-corrected chi connectivity index (χ0v) is 14.6. The van der Waals surface area contributed by atoms with Gasteiger partial charge in [-0.1, -0.05) is 17.7 Å². The molecule has 0 bridgehead atoms. The molecule has 0 aromatic heterocycles. The molecule has 0 radical (unpaired) electrons. The lowest BCUT2D eigenvalue weighted by molar-refractivity contribution is -0.116. The number of anilines is 1. The molecule has 2 aromatic rings. The molecule has 0 saturated carbocycles. The third-order valence-electron chi connectivity index (χ3n) is 3.92. The van der Waals surface area contributed by atoms with E-state index in [9.17, 15) is 9.59 Å². The number of hydrogen-bond acceptors (Lipinski definition) is 4. The van der Waals surface area contributed by atoms with E-state index in [-0.39, 0.29) is 24.5 Å². The Morgan fingerprint density at radius 1 is 1.04 bits per heavy atom. The molecule has 25 heavy (non-hydrogen) atoms. The highest BCUT2D eigenvalue weighted by molar-refractivity contribution is 6.31. The van der Waals surface area contributed by atoms with Crippen LogP contribution < -0.4 is 14.8 Å². The average Bonchev–Trinajstić information content (AvgIpc) is 2.62. The van der Waals surface area contributed by atoms with Crippen molar-refractivity contribution < 1.29 is 19.1 Å². The van der Waals surface area contributed by atoms with Gasteiger partial charge in [0.15, 0.2) is 17.3 Å². The first-order valence-electron chi connectivity index (χ1n) is 8.02. The number of hydrogen-bond donors (Lipinski definition) is 1. The summed E-state index contributed by atoms with van der Waals surface area (Å²) in [5, 5.41) is 3.34. The molecule has 5 nitrogen and oxygen atoms in total. The third-order valence-corrected chi connectivity index (χ3v) is 4.15. The van der Waals surface area contributed by atoms with Gasteiger partial charge in [-0.15, -0.1) is 0 Å². The van der Waals surface area contributed by atoms with Crippen molar-refractivity contribution in [2.45, 2.75) is 19.8 Å². The van der Waals surface area contributed by atoms with Crippen molar-refractivity contribution in [1.82, 2.24) is 0 Å². The van der Waals surface area contributed by atoms with E-state index in [1.54, 1.807) is 30.3 Å². The van der Waals surface area contributed by atoms with Crippen LogP contribution in [-0.2, 0) is 4.79 Å². The molecule has 2 aromatic carbocycles. The van der Waals surface area contributed by atoms with Crippen molar-refractivity contribution in [3.05, 3.63) is 52.5 Å². The Labute approximate surface area is 150 Å². The predicted octanol–water partition coefficient (Wildman–Crippen LogP) is 4.02. The first kappa shape index (κ1) is 17.3. The smallest absolute Gasteiger partial charge is 0.224 e. The van der Waals surface area contributed by atoms with Gasteiger partial charge in [-0.25, -0.2) is 0 Å². The van der Waals surface area contributed by atoms with Crippen LogP contribution in [0.5, 0.6) is 11.5 Å². The van der Waals surface area contributed by atoms with Gasteiger partial charge in [0, 0.05) is 29.1 Å². The van der Waals surface area contributed by atoms with Crippen molar-refractivity contribution >= 4 is 29.0 Å². The Morgan fingerprint density at radius 3 is 2.60 bits per heavy atom. The summed E-state index contributed by atoms with van der Waals surface area (Å²) in [6.07, 6.45) is 0.213. The molecule has 0 atom stereocenters. The number of halogens is 1. The van der Waals surface area contributed by atoms with Crippen molar-refractivity contribution in [2.24, 2.45) is 0 Å². The minimum atomic E-state index is -0.226. The number of ketones is 1. The van der Waals surface area contributed by atoms with E-state index in [0.717, 1.165) is 5.56 Å². The van der Waals surface area contributed by atoms with Crippen LogP contribution in [0.15, 0.2) is 36.4 Å². The first-order chi connectivity index (χ1) is 12.0. The number of ether oxygens (including phenoxy) is 2. The summed E-state index contributed by atoms with van der Waals surface area (Å²) < 4.78 is 10.9. The summed E-state index contributed by atoms with van der Waals surface area (Å²) in [4.78, 5) is 24.4. The maximum atomic E-state index is 12.3. The maximum absolute atomic E-state index is 12.3. The van der Waals surface area contributed by atoms with Crippen LogP contribution in [-0.4, -0.2) is 24.9 Å². The molecular formula is C19H18ClNO4. The molecule has 6 heteroatoms. The molecular weight excluding hydrogens is 342 g/mol. The largest absolute Gasteiger partial charge is 0.486 e. The normalized spacial score (nSPS) is 12.6. The summed E-state index contributed by atoms with van der Waals surface area (Å²) in [5.74, 6) is 0.860. The highest BCUT2D eigenvalue weighted by atomic mass is 35.5. The Bertz CT molecular complexity index is 819. The lowest BCUT2D eigenvalue weighted by Gasteiger charge is -2.18. The number of benzene rings is 2. The van der Waals surface area contributed by atoms with Crippen LogP contribution in [0.3, 0.4) is 0 Å².